The molecule has 0 radical (unpaired) electrons. The molecule has 0 bridgehead atoms. The number of nitrogens with zero attached hydrogens (tertiary/aromatic N) is 2. The van der Waals surface area contributed by atoms with E-state index in [1.165, 1.54) is 26.4 Å². The van der Waals surface area contributed by atoms with Gasteiger partial charge in [-0.15, -0.1) is 0 Å². The molecule has 2 aromatic rings. The van der Waals surface area contributed by atoms with Crippen molar-refractivity contribution in [2.75, 3.05) is 12.8 Å². The normalized spacial score (nSPS) is 10.2. The van der Waals surface area contributed by atoms with E-state index in [0.717, 1.165) is 0 Å². The first-order chi connectivity index (χ1) is 8.61. The van der Waals surface area contributed by atoms with Crippen LogP contribution in [0.5, 0.6) is 17.4 Å². The lowest BCUT2D eigenvalue weighted by atomic mass is 10.3. The van der Waals surface area contributed by atoms with Gasteiger partial charge in [0.15, 0.2) is 0 Å². The first kappa shape index (κ1) is 12.1. The number of aromatic nitrogens is 2. The lowest BCUT2D eigenvalue weighted by Gasteiger charge is -2.09. The van der Waals surface area contributed by atoms with Gasteiger partial charge in [0.05, 0.1) is 18.5 Å². The molecule has 0 saturated heterocycles. The Morgan fingerprint density at radius 1 is 1.28 bits per heavy atom. The van der Waals surface area contributed by atoms with Crippen molar-refractivity contribution in [3.63, 3.8) is 0 Å². The van der Waals surface area contributed by atoms with E-state index >= 15 is 0 Å². The molecule has 0 spiro atoms. The number of anilines is 1. The predicted octanol–water partition coefficient (Wildman–Crippen LogP) is 2.31. The number of ether oxygens (including phenoxy) is 2. The van der Waals surface area contributed by atoms with Crippen molar-refractivity contribution in [1.82, 2.24) is 9.97 Å². The number of hydrogen-bond acceptors (Lipinski definition) is 5. The van der Waals surface area contributed by atoms with E-state index in [2.05, 4.69) is 9.97 Å². The molecule has 0 fully saturated rings. The van der Waals surface area contributed by atoms with Gasteiger partial charge >= 0.3 is 0 Å². The zero-order valence-electron chi connectivity index (χ0n) is 9.98. The van der Waals surface area contributed by atoms with Gasteiger partial charge < -0.3 is 15.2 Å². The number of hydrogen-bond donors (Lipinski definition) is 1. The van der Waals surface area contributed by atoms with Crippen molar-refractivity contribution in [1.29, 1.82) is 0 Å². The van der Waals surface area contributed by atoms with Crippen LogP contribution in [-0.2, 0) is 0 Å². The summed E-state index contributed by atoms with van der Waals surface area (Å²) in [5.74, 6) is 0.186. The third-order valence-electron chi connectivity index (χ3n) is 2.35. The summed E-state index contributed by atoms with van der Waals surface area (Å²) in [6.07, 6.45) is 1.24. The van der Waals surface area contributed by atoms with Crippen molar-refractivity contribution in [3.8, 4) is 17.4 Å². The molecule has 94 valence electrons. The molecule has 0 unspecified atom stereocenters. The van der Waals surface area contributed by atoms with E-state index in [0.29, 0.717) is 17.2 Å². The third kappa shape index (κ3) is 2.32. The maximum atomic E-state index is 13.6. The highest BCUT2D eigenvalue weighted by Gasteiger charge is 2.10. The first-order valence-electron chi connectivity index (χ1n) is 5.20. The molecule has 6 heteroatoms. The Hall–Kier alpha value is -2.37. The Morgan fingerprint density at radius 3 is 2.72 bits per heavy atom. The standard InChI is InChI=1S/C12H12FN3O2/c1-7-11(13)12(16-6-15-7)18-8-3-4-10(17-2)9(14)5-8/h3-6H,14H2,1-2H3. The van der Waals surface area contributed by atoms with Gasteiger partial charge in [-0.05, 0) is 19.1 Å². The van der Waals surface area contributed by atoms with Gasteiger partial charge in [-0.1, -0.05) is 0 Å². The first-order valence-corrected chi connectivity index (χ1v) is 5.20. The molecule has 2 rings (SSSR count). The second-order valence-corrected chi connectivity index (χ2v) is 3.58. The smallest absolute Gasteiger partial charge is 0.259 e. The van der Waals surface area contributed by atoms with Crippen LogP contribution >= 0.6 is 0 Å². The highest BCUT2D eigenvalue weighted by atomic mass is 19.1. The Balaban J connectivity index is 2.29. The molecule has 1 heterocycles. The fourth-order valence-corrected chi connectivity index (χ4v) is 1.39. The highest BCUT2D eigenvalue weighted by Crippen LogP contribution is 2.29. The summed E-state index contributed by atoms with van der Waals surface area (Å²) in [7, 11) is 1.51. The van der Waals surface area contributed by atoms with Gasteiger partial charge in [-0.25, -0.2) is 4.98 Å². The van der Waals surface area contributed by atoms with Crippen molar-refractivity contribution in [3.05, 3.63) is 36.0 Å². The Labute approximate surface area is 103 Å². The molecule has 5 nitrogen and oxygen atoms in total. The molecular weight excluding hydrogens is 237 g/mol. The number of benzene rings is 1. The summed E-state index contributed by atoms with van der Waals surface area (Å²) in [4.78, 5) is 7.44. The Bertz CT molecular complexity index is 575. The minimum absolute atomic E-state index is 0.132. The third-order valence-corrected chi connectivity index (χ3v) is 2.35. The molecule has 0 aliphatic carbocycles. The average molecular weight is 249 g/mol. The molecule has 1 aromatic heterocycles. The second kappa shape index (κ2) is 4.87. The van der Waals surface area contributed by atoms with Gasteiger partial charge in [0.2, 0.25) is 5.82 Å². The fourth-order valence-electron chi connectivity index (χ4n) is 1.39. The zero-order valence-corrected chi connectivity index (χ0v) is 9.98. The van der Waals surface area contributed by atoms with Gasteiger partial charge in [0, 0.05) is 6.07 Å². The van der Waals surface area contributed by atoms with Crippen LogP contribution in [0, 0.1) is 12.7 Å². The van der Waals surface area contributed by atoms with Crippen molar-refractivity contribution >= 4 is 5.69 Å². The molecule has 0 atom stereocenters. The van der Waals surface area contributed by atoms with E-state index in [4.69, 9.17) is 15.2 Å². The van der Waals surface area contributed by atoms with Crippen LogP contribution in [0.25, 0.3) is 0 Å². The van der Waals surface area contributed by atoms with Gasteiger partial charge in [0.1, 0.15) is 17.8 Å². The number of nitrogens with two attached hydrogens (primary N) is 1. The predicted molar refractivity (Wildman–Crippen MR) is 64.2 cm³/mol. The molecule has 1 aromatic carbocycles. The lowest BCUT2D eigenvalue weighted by molar-refractivity contribution is 0.407. The molecule has 2 N–H and O–H groups in total. The maximum Gasteiger partial charge on any atom is 0.259 e. The van der Waals surface area contributed by atoms with E-state index in [1.807, 2.05) is 0 Å². The Morgan fingerprint density at radius 2 is 2.06 bits per heavy atom. The SMILES string of the molecule is COc1ccc(Oc2ncnc(C)c2F)cc1N. The van der Waals surface area contributed by atoms with Crippen molar-refractivity contribution in [2.45, 2.75) is 6.92 Å². The minimum Gasteiger partial charge on any atom is -0.495 e. The van der Waals surface area contributed by atoms with E-state index < -0.39 is 5.82 Å². The maximum absolute atomic E-state index is 13.6. The van der Waals surface area contributed by atoms with E-state index in [1.54, 1.807) is 12.1 Å². The Kier molecular flexibility index (Phi) is 3.27. The lowest BCUT2D eigenvalue weighted by Crippen LogP contribution is -1.98. The second-order valence-electron chi connectivity index (χ2n) is 3.58. The van der Waals surface area contributed by atoms with Crippen LogP contribution in [0.2, 0.25) is 0 Å². The topological polar surface area (TPSA) is 70.3 Å². The van der Waals surface area contributed by atoms with Gasteiger partial charge in [0.25, 0.3) is 5.88 Å². The number of aryl methyl sites for hydroxylation is 1. The van der Waals surface area contributed by atoms with E-state index in [9.17, 15) is 4.39 Å². The van der Waals surface area contributed by atoms with Crippen LogP contribution in [-0.4, -0.2) is 17.1 Å². The molecule has 0 aliphatic rings. The van der Waals surface area contributed by atoms with Crippen LogP contribution < -0.4 is 15.2 Å². The summed E-state index contributed by atoms with van der Waals surface area (Å²) in [6, 6.07) is 4.79. The summed E-state index contributed by atoms with van der Waals surface area (Å²) >= 11 is 0. The highest BCUT2D eigenvalue weighted by molar-refractivity contribution is 5.56. The summed E-state index contributed by atoms with van der Waals surface area (Å²) < 4.78 is 23.9. The molecule has 0 aliphatic heterocycles. The van der Waals surface area contributed by atoms with Gasteiger partial charge in [-0.3, -0.25) is 0 Å². The number of rotatable bonds is 3. The monoisotopic (exact) mass is 249 g/mol. The van der Waals surface area contributed by atoms with Crippen LogP contribution in [0.15, 0.2) is 24.5 Å². The quantitative estimate of drug-likeness (QED) is 0.845. The summed E-state index contributed by atoms with van der Waals surface area (Å²) in [5, 5.41) is 0. The minimum atomic E-state index is -0.591. The van der Waals surface area contributed by atoms with Crippen molar-refractivity contribution < 1.29 is 13.9 Å². The summed E-state index contributed by atoms with van der Waals surface area (Å²) in [6.45, 7) is 1.53. The number of halogens is 1. The molecule has 0 amide bonds. The largest absolute Gasteiger partial charge is 0.495 e. The van der Waals surface area contributed by atoms with Crippen LogP contribution in [0.4, 0.5) is 10.1 Å². The summed E-state index contributed by atoms with van der Waals surface area (Å²) in [5.41, 5.74) is 6.35. The number of nitrogen functional groups attached to an aromatic ring is 1. The van der Waals surface area contributed by atoms with Crippen molar-refractivity contribution in [2.24, 2.45) is 0 Å². The molecule has 0 saturated carbocycles. The van der Waals surface area contributed by atoms with Crippen LogP contribution in [0.3, 0.4) is 0 Å². The van der Waals surface area contributed by atoms with Gasteiger partial charge in [-0.2, -0.15) is 9.37 Å². The zero-order chi connectivity index (χ0) is 13.1. The van der Waals surface area contributed by atoms with E-state index in [-0.39, 0.29) is 11.6 Å². The average Bonchev–Trinajstić information content (AvgIpc) is 2.35. The van der Waals surface area contributed by atoms with Crippen LogP contribution in [0.1, 0.15) is 5.69 Å². The molecule has 18 heavy (non-hydrogen) atoms. The molecular formula is C12H12FN3O2. The fraction of sp³-hybridized carbons (Fsp3) is 0.167. The number of methoxy groups -OCH3 is 1.